The van der Waals surface area contributed by atoms with Gasteiger partial charge in [-0.05, 0) is 43.0 Å². The Balaban J connectivity index is 2.35. The van der Waals surface area contributed by atoms with Crippen LogP contribution in [0.1, 0.15) is 36.9 Å². The van der Waals surface area contributed by atoms with Crippen molar-refractivity contribution in [2.24, 2.45) is 0 Å². The van der Waals surface area contributed by atoms with Gasteiger partial charge in [0.05, 0.1) is 0 Å². The minimum absolute atomic E-state index is 0.443. The molecule has 0 unspecified atom stereocenters. The topological polar surface area (TPSA) is 32.3 Å². The molecule has 0 bridgehead atoms. The van der Waals surface area contributed by atoms with E-state index in [9.17, 15) is 5.11 Å². The Kier molecular flexibility index (Phi) is 2.73. The molecule has 1 aromatic rings. The zero-order valence-electron chi connectivity index (χ0n) is 8.59. The van der Waals surface area contributed by atoms with Crippen molar-refractivity contribution in [1.82, 2.24) is 5.32 Å². The SMILES string of the molecule is CCc1c(O)cccc1[C@@H]1CCCN1. The van der Waals surface area contributed by atoms with E-state index in [0.717, 1.165) is 18.5 Å². The largest absolute Gasteiger partial charge is 0.508 e. The van der Waals surface area contributed by atoms with Gasteiger partial charge in [-0.3, -0.25) is 0 Å². The van der Waals surface area contributed by atoms with Gasteiger partial charge in [0, 0.05) is 6.04 Å². The maximum Gasteiger partial charge on any atom is 0.119 e. The second kappa shape index (κ2) is 4.01. The quantitative estimate of drug-likeness (QED) is 0.752. The minimum Gasteiger partial charge on any atom is -0.508 e. The maximum atomic E-state index is 9.72. The highest BCUT2D eigenvalue weighted by atomic mass is 16.3. The summed E-state index contributed by atoms with van der Waals surface area (Å²) in [6.45, 7) is 3.19. The van der Waals surface area contributed by atoms with Crippen LogP contribution in [-0.4, -0.2) is 11.7 Å². The van der Waals surface area contributed by atoms with Gasteiger partial charge >= 0.3 is 0 Å². The monoisotopic (exact) mass is 191 g/mol. The van der Waals surface area contributed by atoms with Crippen molar-refractivity contribution in [3.05, 3.63) is 29.3 Å². The third kappa shape index (κ3) is 1.62. The van der Waals surface area contributed by atoms with Crippen LogP contribution in [0.5, 0.6) is 5.75 Å². The summed E-state index contributed by atoms with van der Waals surface area (Å²) in [5.41, 5.74) is 2.39. The van der Waals surface area contributed by atoms with Gasteiger partial charge in [-0.15, -0.1) is 0 Å². The Bertz CT molecular complexity index is 316. The lowest BCUT2D eigenvalue weighted by molar-refractivity contribution is 0.465. The molecule has 1 atom stereocenters. The lowest BCUT2D eigenvalue weighted by atomic mass is 9.97. The molecule has 76 valence electrons. The van der Waals surface area contributed by atoms with E-state index in [-0.39, 0.29) is 0 Å². The first-order valence-corrected chi connectivity index (χ1v) is 5.37. The third-order valence-electron chi connectivity index (χ3n) is 2.98. The van der Waals surface area contributed by atoms with Crippen LogP contribution in [0.3, 0.4) is 0 Å². The predicted octanol–water partition coefficient (Wildman–Crippen LogP) is 2.38. The summed E-state index contributed by atoms with van der Waals surface area (Å²) in [5.74, 6) is 0.443. The molecule has 1 saturated heterocycles. The van der Waals surface area contributed by atoms with Crippen LogP contribution in [0.4, 0.5) is 0 Å². The normalized spacial score (nSPS) is 21.4. The number of benzene rings is 1. The van der Waals surface area contributed by atoms with Crippen molar-refractivity contribution in [3.63, 3.8) is 0 Å². The number of phenols is 1. The van der Waals surface area contributed by atoms with Crippen LogP contribution in [0.25, 0.3) is 0 Å². The molecule has 1 fully saturated rings. The standard InChI is InChI=1S/C12H17NO/c1-2-9-10(5-3-7-12(9)14)11-6-4-8-13-11/h3,5,7,11,13-14H,2,4,6,8H2,1H3/t11-/m0/s1. The van der Waals surface area contributed by atoms with Gasteiger partial charge < -0.3 is 10.4 Å². The van der Waals surface area contributed by atoms with Gasteiger partial charge in [-0.25, -0.2) is 0 Å². The Morgan fingerprint density at radius 1 is 1.50 bits per heavy atom. The van der Waals surface area contributed by atoms with Gasteiger partial charge in [-0.2, -0.15) is 0 Å². The molecule has 0 spiro atoms. The highest BCUT2D eigenvalue weighted by Gasteiger charge is 2.19. The van der Waals surface area contributed by atoms with E-state index in [1.807, 2.05) is 6.07 Å². The van der Waals surface area contributed by atoms with Gasteiger partial charge in [-0.1, -0.05) is 19.1 Å². The fourth-order valence-electron chi connectivity index (χ4n) is 2.25. The first-order chi connectivity index (χ1) is 6.83. The summed E-state index contributed by atoms with van der Waals surface area (Å²) < 4.78 is 0. The maximum absolute atomic E-state index is 9.72. The summed E-state index contributed by atoms with van der Waals surface area (Å²) in [4.78, 5) is 0. The van der Waals surface area contributed by atoms with Crippen molar-refractivity contribution in [2.45, 2.75) is 32.2 Å². The Hall–Kier alpha value is -1.02. The van der Waals surface area contributed by atoms with Gasteiger partial charge in [0.1, 0.15) is 5.75 Å². The van der Waals surface area contributed by atoms with E-state index in [0.29, 0.717) is 11.8 Å². The molecule has 1 aliphatic heterocycles. The predicted molar refractivity (Wildman–Crippen MR) is 57.5 cm³/mol. The Labute approximate surface area is 85.0 Å². The number of phenolic OH excluding ortho intramolecular Hbond substituents is 1. The molecule has 2 nitrogen and oxygen atoms in total. The number of hydrogen-bond acceptors (Lipinski definition) is 2. The molecule has 2 N–H and O–H groups in total. The third-order valence-corrected chi connectivity index (χ3v) is 2.98. The number of nitrogens with one attached hydrogen (secondary N) is 1. The second-order valence-electron chi connectivity index (χ2n) is 3.85. The van der Waals surface area contributed by atoms with Crippen molar-refractivity contribution >= 4 is 0 Å². The number of hydrogen-bond donors (Lipinski definition) is 2. The van der Waals surface area contributed by atoms with Crippen molar-refractivity contribution in [3.8, 4) is 5.75 Å². The van der Waals surface area contributed by atoms with Gasteiger partial charge in [0.2, 0.25) is 0 Å². The highest BCUT2D eigenvalue weighted by Crippen LogP contribution is 2.30. The van der Waals surface area contributed by atoms with Gasteiger partial charge in [0.15, 0.2) is 0 Å². The van der Waals surface area contributed by atoms with Crippen LogP contribution < -0.4 is 5.32 Å². The van der Waals surface area contributed by atoms with Gasteiger partial charge in [0.25, 0.3) is 0 Å². The minimum atomic E-state index is 0.443. The zero-order valence-corrected chi connectivity index (χ0v) is 8.59. The molecule has 0 amide bonds. The molecular formula is C12H17NO. The first-order valence-electron chi connectivity index (χ1n) is 5.37. The highest BCUT2D eigenvalue weighted by molar-refractivity contribution is 5.41. The summed E-state index contributed by atoms with van der Waals surface area (Å²) in [5, 5.41) is 13.2. The lowest BCUT2D eigenvalue weighted by Gasteiger charge is -2.15. The van der Waals surface area contributed by atoms with Crippen LogP contribution in [-0.2, 0) is 6.42 Å². The average Bonchev–Trinajstić information content (AvgIpc) is 2.70. The smallest absolute Gasteiger partial charge is 0.119 e. The molecule has 2 rings (SSSR count). The van der Waals surface area contributed by atoms with E-state index >= 15 is 0 Å². The van der Waals surface area contributed by atoms with E-state index in [4.69, 9.17) is 0 Å². The summed E-state index contributed by atoms with van der Waals surface area (Å²) in [7, 11) is 0. The molecule has 14 heavy (non-hydrogen) atoms. The summed E-state index contributed by atoms with van der Waals surface area (Å²) in [6.07, 6.45) is 3.33. The number of rotatable bonds is 2. The second-order valence-corrected chi connectivity index (χ2v) is 3.85. The van der Waals surface area contributed by atoms with Crippen LogP contribution in [0.15, 0.2) is 18.2 Å². The average molecular weight is 191 g/mol. The fraction of sp³-hybridized carbons (Fsp3) is 0.500. The summed E-state index contributed by atoms with van der Waals surface area (Å²) in [6, 6.07) is 6.29. The summed E-state index contributed by atoms with van der Waals surface area (Å²) >= 11 is 0. The first kappa shape index (κ1) is 9.53. The van der Waals surface area contributed by atoms with E-state index < -0.39 is 0 Å². The molecular weight excluding hydrogens is 174 g/mol. The van der Waals surface area contributed by atoms with Crippen molar-refractivity contribution in [1.29, 1.82) is 0 Å². The van der Waals surface area contributed by atoms with E-state index in [1.54, 1.807) is 6.07 Å². The molecule has 0 aliphatic carbocycles. The zero-order chi connectivity index (χ0) is 9.97. The van der Waals surface area contributed by atoms with Crippen molar-refractivity contribution < 1.29 is 5.11 Å². The Morgan fingerprint density at radius 2 is 2.36 bits per heavy atom. The molecule has 0 saturated carbocycles. The van der Waals surface area contributed by atoms with Crippen LogP contribution in [0, 0.1) is 0 Å². The van der Waals surface area contributed by atoms with Crippen molar-refractivity contribution in [2.75, 3.05) is 6.54 Å². The molecule has 1 aromatic carbocycles. The molecule has 0 radical (unpaired) electrons. The number of aromatic hydroxyl groups is 1. The van der Waals surface area contributed by atoms with E-state index in [1.165, 1.54) is 18.4 Å². The fourth-order valence-corrected chi connectivity index (χ4v) is 2.25. The lowest BCUT2D eigenvalue weighted by Crippen LogP contribution is -2.14. The molecule has 1 heterocycles. The Morgan fingerprint density at radius 3 is 3.00 bits per heavy atom. The molecule has 2 heteroatoms. The van der Waals surface area contributed by atoms with Crippen LogP contribution >= 0.6 is 0 Å². The molecule has 1 aliphatic rings. The van der Waals surface area contributed by atoms with Crippen LogP contribution in [0.2, 0.25) is 0 Å². The van der Waals surface area contributed by atoms with E-state index in [2.05, 4.69) is 18.3 Å². The molecule has 0 aromatic heterocycles.